The average Bonchev–Trinajstić information content (AvgIpc) is 3.43. The largest absolute Gasteiger partial charge is 0.376 e. The number of nitrogens with one attached hydrogen (secondary N) is 2. The smallest absolute Gasteiger partial charge is 0.290 e. The molecule has 0 radical (unpaired) electrons. The second-order valence-electron chi connectivity index (χ2n) is 10.0. The number of carbonyl (C=O) groups excluding carboxylic acids is 2. The molecule has 2 aromatic carbocycles. The number of rotatable bonds is 7. The first-order valence-corrected chi connectivity index (χ1v) is 13.2. The third-order valence-corrected chi connectivity index (χ3v) is 6.94. The molecule has 3 heterocycles. The van der Waals surface area contributed by atoms with E-state index < -0.39 is 11.7 Å². The highest BCUT2D eigenvalue weighted by molar-refractivity contribution is 6.05. The van der Waals surface area contributed by atoms with Crippen LogP contribution in [-0.4, -0.2) is 55.1 Å². The summed E-state index contributed by atoms with van der Waals surface area (Å²) in [5.41, 5.74) is 4.57. The van der Waals surface area contributed by atoms with Crippen molar-refractivity contribution in [3.05, 3.63) is 89.1 Å². The quantitative estimate of drug-likeness (QED) is 0.440. The van der Waals surface area contributed by atoms with Crippen LogP contribution in [-0.2, 0) is 0 Å². The zero-order valence-electron chi connectivity index (χ0n) is 22.2. The first-order valence-electron chi connectivity index (χ1n) is 13.2. The van der Waals surface area contributed by atoms with Crippen LogP contribution in [0.3, 0.4) is 0 Å². The molecule has 1 fully saturated rings. The van der Waals surface area contributed by atoms with E-state index in [9.17, 15) is 14.0 Å². The van der Waals surface area contributed by atoms with E-state index in [-0.39, 0.29) is 17.2 Å². The van der Waals surface area contributed by atoms with Crippen LogP contribution in [0.25, 0.3) is 11.3 Å². The molecule has 2 amide bonds. The van der Waals surface area contributed by atoms with Gasteiger partial charge in [0.1, 0.15) is 11.5 Å². The fourth-order valence-electron chi connectivity index (χ4n) is 4.85. The second kappa shape index (κ2) is 11.6. The molecule has 0 bridgehead atoms. The summed E-state index contributed by atoms with van der Waals surface area (Å²) < 4.78 is 19.7. The molecular formula is C30H32FN5O3. The number of halogens is 1. The molecule has 0 aliphatic carbocycles. The van der Waals surface area contributed by atoms with Crippen LogP contribution < -0.4 is 15.5 Å². The Morgan fingerprint density at radius 3 is 2.67 bits per heavy atom. The Kier molecular flexibility index (Phi) is 7.76. The van der Waals surface area contributed by atoms with Gasteiger partial charge >= 0.3 is 0 Å². The topological polar surface area (TPSA) is 90.7 Å². The molecule has 5 rings (SSSR count). The number of carbonyl (C=O) groups is 2. The summed E-state index contributed by atoms with van der Waals surface area (Å²) >= 11 is 0. The van der Waals surface area contributed by atoms with Crippen molar-refractivity contribution >= 4 is 23.2 Å². The minimum absolute atomic E-state index is 0.0950. The highest BCUT2D eigenvalue weighted by atomic mass is 19.1. The number of hydrogen-bond donors (Lipinski definition) is 2. The van der Waals surface area contributed by atoms with Crippen LogP contribution in [0.5, 0.6) is 0 Å². The molecule has 0 unspecified atom stereocenters. The van der Waals surface area contributed by atoms with Crippen LogP contribution in [0.15, 0.2) is 70.9 Å². The Bertz CT molecular complexity index is 1440. The zero-order chi connectivity index (χ0) is 27.4. The molecule has 1 saturated heterocycles. The van der Waals surface area contributed by atoms with E-state index in [1.54, 1.807) is 24.3 Å². The van der Waals surface area contributed by atoms with Crippen molar-refractivity contribution < 1.29 is 18.5 Å². The van der Waals surface area contributed by atoms with E-state index in [0.717, 1.165) is 49.3 Å². The molecule has 9 heteroatoms. The molecule has 0 saturated carbocycles. The van der Waals surface area contributed by atoms with Gasteiger partial charge in [-0.15, -0.1) is 0 Å². The third-order valence-electron chi connectivity index (χ3n) is 6.94. The van der Waals surface area contributed by atoms with Gasteiger partial charge in [0.25, 0.3) is 11.8 Å². The number of aryl methyl sites for hydroxylation is 1. The molecule has 39 heavy (non-hydrogen) atoms. The molecule has 1 aromatic heterocycles. The van der Waals surface area contributed by atoms with Crippen molar-refractivity contribution in [1.82, 2.24) is 15.4 Å². The molecule has 2 aliphatic heterocycles. The highest BCUT2D eigenvalue weighted by Gasteiger charge is 2.18. The summed E-state index contributed by atoms with van der Waals surface area (Å²) in [5.74, 6) is -1.12. The van der Waals surface area contributed by atoms with Crippen LogP contribution in [0, 0.1) is 12.7 Å². The fourth-order valence-corrected chi connectivity index (χ4v) is 4.85. The average molecular weight is 530 g/mol. The molecule has 2 N–H and O–H groups in total. The molecule has 2 aliphatic rings. The summed E-state index contributed by atoms with van der Waals surface area (Å²) in [5, 5.41) is 9.80. The summed E-state index contributed by atoms with van der Waals surface area (Å²) in [6.45, 7) is 4.83. The van der Waals surface area contributed by atoms with Crippen LogP contribution in [0.4, 0.5) is 15.8 Å². The van der Waals surface area contributed by atoms with Gasteiger partial charge in [-0.25, -0.2) is 4.39 Å². The summed E-state index contributed by atoms with van der Waals surface area (Å²) in [6.07, 6.45) is 9.27. The normalized spacial score (nSPS) is 15.2. The Balaban J connectivity index is 1.28. The van der Waals surface area contributed by atoms with Crippen molar-refractivity contribution in [2.75, 3.05) is 43.4 Å². The Labute approximate surface area is 227 Å². The van der Waals surface area contributed by atoms with Crippen LogP contribution >= 0.6 is 0 Å². The second-order valence-corrected chi connectivity index (χ2v) is 10.0. The number of benzene rings is 2. The Morgan fingerprint density at radius 1 is 1.05 bits per heavy atom. The number of hydrogen-bond acceptors (Lipinski definition) is 6. The molecule has 202 valence electrons. The predicted molar refractivity (Wildman–Crippen MR) is 149 cm³/mol. The molecule has 0 spiro atoms. The maximum absolute atomic E-state index is 14.4. The zero-order valence-corrected chi connectivity index (χ0v) is 22.2. The first kappa shape index (κ1) is 26.2. The molecular weight excluding hydrogens is 497 g/mol. The van der Waals surface area contributed by atoms with E-state index in [0.29, 0.717) is 23.5 Å². The highest BCUT2D eigenvalue weighted by Crippen LogP contribution is 2.28. The van der Waals surface area contributed by atoms with Crippen molar-refractivity contribution in [2.45, 2.75) is 26.2 Å². The number of likely N-dealkylation sites (N-methyl/N-ethyl adjacent to an activating group) is 1. The van der Waals surface area contributed by atoms with Gasteiger partial charge in [0.15, 0.2) is 0 Å². The molecule has 3 aromatic rings. The number of nitrogens with zero attached hydrogens (tertiary/aromatic N) is 3. The predicted octanol–water partition coefficient (Wildman–Crippen LogP) is 5.15. The van der Waals surface area contributed by atoms with E-state index in [1.165, 1.54) is 18.6 Å². The lowest BCUT2D eigenvalue weighted by Crippen LogP contribution is -2.29. The molecule has 8 nitrogen and oxygen atoms in total. The van der Waals surface area contributed by atoms with Crippen molar-refractivity contribution in [3.63, 3.8) is 0 Å². The minimum Gasteiger partial charge on any atom is -0.376 e. The van der Waals surface area contributed by atoms with Crippen molar-refractivity contribution in [2.24, 2.45) is 0 Å². The third kappa shape index (κ3) is 6.37. The maximum atomic E-state index is 14.4. The fraction of sp³-hybridized carbons (Fsp3) is 0.300. The van der Waals surface area contributed by atoms with E-state index in [1.807, 2.05) is 43.3 Å². The first-order chi connectivity index (χ1) is 18.9. The molecule has 0 atom stereocenters. The van der Waals surface area contributed by atoms with Crippen LogP contribution in [0.2, 0.25) is 0 Å². The standard InChI is InChI=1S/C30H32FN5O3/c1-20-8-9-24(33-29(37)22-13-23(31)15-25(14-22)36-11-4-3-5-12-36)16-26(20)27-17-28(39-34-27)30(38)32-18-21-7-6-10-35(2)19-21/h6-9,13-17,19H,3-5,10-12,18H2,1-2H3,(H,32,38)(H,33,37). The van der Waals surface area contributed by atoms with Crippen molar-refractivity contribution in [3.8, 4) is 11.3 Å². The van der Waals surface area contributed by atoms with Gasteiger partial charge in [0, 0.05) is 68.0 Å². The van der Waals surface area contributed by atoms with Crippen LogP contribution in [0.1, 0.15) is 45.7 Å². The van der Waals surface area contributed by atoms with E-state index in [4.69, 9.17) is 4.52 Å². The van der Waals surface area contributed by atoms with Gasteiger partial charge in [-0.3, -0.25) is 9.59 Å². The monoisotopic (exact) mass is 529 g/mol. The summed E-state index contributed by atoms with van der Waals surface area (Å²) in [6, 6.07) is 11.4. The SMILES string of the molecule is Cc1ccc(NC(=O)c2cc(F)cc(N3CCCCC3)c2)cc1-c1cc(C(=O)NCC2=CN(C)CC=C2)on1. The summed E-state index contributed by atoms with van der Waals surface area (Å²) in [4.78, 5) is 29.8. The Hall–Kier alpha value is -4.40. The van der Waals surface area contributed by atoms with Gasteiger partial charge in [-0.2, -0.15) is 0 Å². The lowest BCUT2D eigenvalue weighted by atomic mass is 10.0. The van der Waals surface area contributed by atoms with E-state index >= 15 is 0 Å². The number of anilines is 2. The van der Waals surface area contributed by atoms with E-state index in [2.05, 4.69) is 20.7 Å². The lowest BCUT2D eigenvalue weighted by molar-refractivity contribution is 0.0920. The lowest BCUT2D eigenvalue weighted by Gasteiger charge is -2.29. The van der Waals surface area contributed by atoms with Crippen molar-refractivity contribution in [1.29, 1.82) is 0 Å². The minimum atomic E-state index is -0.441. The van der Waals surface area contributed by atoms with Gasteiger partial charge in [0.2, 0.25) is 5.76 Å². The van der Waals surface area contributed by atoms with Gasteiger partial charge in [-0.1, -0.05) is 23.4 Å². The van der Waals surface area contributed by atoms with Gasteiger partial charge in [0.05, 0.1) is 0 Å². The van der Waals surface area contributed by atoms with Gasteiger partial charge in [-0.05, 0) is 67.7 Å². The van der Waals surface area contributed by atoms with Gasteiger partial charge < -0.3 is 25.0 Å². The number of piperidine rings is 1. The number of aromatic nitrogens is 1. The Morgan fingerprint density at radius 2 is 1.87 bits per heavy atom. The number of amides is 2. The summed E-state index contributed by atoms with van der Waals surface area (Å²) in [7, 11) is 1.97. The maximum Gasteiger partial charge on any atom is 0.290 e.